The van der Waals surface area contributed by atoms with Gasteiger partial charge in [-0.1, -0.05) is 18.2 Å². The van der Waals surface area contributed by atoms with Gasteiger partial charge in [0.05, 0.1) is 10.8 Å². The van der Waals surface area contributed by atoms with Crippen LogP contribution in [-0.4, -0.2) is 51.4 Å². The number of hydrogen-bond acceptors (Lipinski definition) is 4. The fourth-order valence-electron chi connectivity index (χ4n) is 2.62. The second-order valence-electron chi connectivity index (χ2n) is 5.95. The van der Waals surface area contributed by atoms with Crippen molar-refractivity contribution in [1.29, 1.82) is 0 Å². The molecule has 6 nitrogen and oxygen atoms in total. The lowest BCUT2D eigenvalue weighted by Crippen LogP contribution is -2.47. The fraction of sp³-hybridized carbons (Fsp3) is 0.562. The van der Waals surface area contributed by atoms with Gasteiger partial charge in [-0.25, -0.2) is 8.42 Å². The van der Waals surface area contributed by atoms with Crippen molar-refractivity contribution in [2.24, 2.45) is 5.92 Å². The molecule has 1 amide bonds. The molecule has 1 aliphatic rings. The fourth-order valence-corrected chi connectivity index (χ4v) is 4.16. The summed E-state index contributed by atoms with van der Waals surface area (Å²) in [7, 11) is -1.68. The van der Waals surface area contributed by atoms with Crippen LogP contribution in [0.1, 0.15) is 19.8 Å². The topological polar surface area (TPSA) is 78.5 Å². The Bertz CT molecular complexity index is 619. The normalized spacial score (nSPS) is 20.9. The lowest BCUT2D eigenvalue weighted by molar-refractivity contribution is -0.126. The van der Waals surface area contributed by atoms with Crippen LogP contribution in [0.2, 0.25) is 0 Å². The summed E-state index contributed by atoms with van der Waals surface area (Å²) < 4.78 is 26.7. The van der Waals surface area contributed by atoms with Crippen molar-refractivity contribution in [2.75, 3.05) is 26.7 Å². The molecule has 0 saturated carbocycles. The number of likely N-dealkylation sites (N-methyl/N-ethyl adjacent to an activating group) is 1. The van der Waals surface area contributed by atoms with Gasteiger partial charge < -0.3 is 10.6 Å². The Hall–Kier alpha value is -1.44. The molecule has 2 N–H and O–H groups in total. The van der Waals surface area contributed by atoms with Crippen LogP contribution >= 0.6 is 0 Å². The first-order chi connectivity index (χ1) is 10.9. The van der Waals surface area contributed by atoms with Crippen molar-refractivity contribution < 1.29 is 13.2 Å². The molecule has 2 unspecified atom stereocenters. The van der Waals surface area contributed by atoms with Gasteiger partial charge >= 0.3 is 0 Å². The molecule has 1 aromatic rings. The number of carbonyl (C=O) groups is 1. The Morgan fingerprint density at radius 3 is 2.70 bits per heavy atom. The molecule has 0 bridgehead atoms. The Morgan fingerprint density at radius 1 is 1.35 bits per heavy atom. The van der Waals surface area contributed by atoms with Crippen LogP contribution in [0.4, 0.5) is 0 Å². The highest BCUT2D eigenvalue weighted by Crippen LogP contribution is 2.23. The largest absolute Gasteiger partial charge is 0.354 e. The minimum Gasteiger partial charge on any atom is -0.354 e. The van der Waals surface area contributed by atoms with Gasteiger partial charge in [-0.3, -0.25) is 4.79 Å². The molecule has 1 fully saturated rings. The molecule has 0 aromatic heterocycles. The van der Waals surface area contributed by atoms with Gasteiger partial charge in [0, 0.05) is 25.7 Å². The van der Waals surface area contributed by atoms with Crippen LogP contribution in [0.25, 0.3) is 0 Å². The lowest BCUT2D eigenvalue weighted by atomic mass is 9.99. The van der Waals surface area contributed by atoms with E-state index in [0.29, 0.717) is 19.5 Å². The number of nitrogens with one attached hydrogen (secondary N) is 2. The molecule has 1 aliphatic heterocycles. The summed E-state index contributed by atoms with van der Waals surface area (Å²) in [5, 5.41) is 5.95. The Kier molecular flexibility index (Phi) is 6.15. The third kappa shape index (κ3) is 4.53. The molecular weight excluding hydrogens is 314 g/mol. The van der Waals surface area contributed by atoms with Crippen LogP contribution in [-0.2, 0) is 14.8 Å². The third-order valence-corrected chi connectivity index (χ3v) is 6.09. The highest BCUT2D eigenvalue weighted by atomic mass is 32.2. The van der Waals surface area contributed by atoms with Crippen LogP contribution < -0.4 is 10.6 Å². The zero-order chi connectivity index (χ0) is 16.9. The van der Waals surface area contributed by atoms with Gasteiger partial charge in [-0.2, -0.15) is 4.31 Å². The van der Waals surface area contributed by atoms with E-state index in [4.69, 9.17) is 0 Å². The van der Waals surface area contributed by atoms with E-state index in [-0.39, 0.29) is 29.3 Å². The van der Waals surface area contributed by atoms with E-state index in [1.165, 1.54) is 4.31 Å². The number of amides is 1. The summed E-state index contributed by atoms with van der Waals surface area (Å²) in [5.41, 5.74) is 0. The number of sulfonamides is 1. The van der Waals surface area contributed by atoms with E-state index < -0.39 is 10.0 Å². The third-order valence-electron chi connectivity index (χ3n) is 4.21. The number of nitrogens with zero attached hydrogens (tertiary/aromatic N) is 1. The predicted molar refractivity (Wildman–Crippen MR) is 89.5 cm³/mol. The SMILES string of the molecule is CNC(C)CNC(=O)C1CCCN(S(=O)(=O)c2ccccc2)C1. The monoisotopic (exact) mass is 339 g/mol. The highest BCUT2D eigenvalue weighted by molar-refractivity contribution is 7.89. The van der Waals surface area contributed by atoms with Gasteiger partial charge in [0.25, 0.3) is 0 Å². The molecule has 23 heavy (non-hydrogen) atoms. The van der Waals surface area contributed by atoms with Crippen LogP contribution in [0.5, 0.6) is 0 Å². The van der Waals surface area contributed by atoms with Crippen LogP contribution in [0.3, 0.4) is 0 Å². The lowest BCUT2D eigenvalue weighted by Gasteiger charge is -2.31. The second-order valence-corrected chi connectivity index (χ2v) is 7.89. The number of rotatable bonds is 6. The van der Waals surface area contributed by atoms with Gasteiger partial charge in [-0.15, -0.1) is 0 Å². The van der Waals surface area contributed by atoms with Crippen molar-refractivity contribution in [2.45, 2.75) is 30.7 Å². The van der Waals surface area contributed by atoms with Crippen molar-refractivity contribution in [3.8, 4) is 0 Å². The molecule has 7 heteroatoms. The highest BCUT2D eigenvalue weighted by Gasteiger charge is 2.33. The summed E-state index contributed by atoms with van der Waals surface area (Å²) >= 11 is 0. The first kappa shape index (κ1) is 17.9. The number of benzene rings is 1. The molecular formula is C16H25N3O3S. The summed E-state index contributed by atoms with van der Waals surface area (Å²) in [6.07, 6.45) is 1.42. The van der Waals surface area contributed by atoms with Crippen LogP contribution in [0, 0.1) is 5.92 Å². The molecule has 2 atom stereocenters. The van der Waals surface area contributed by atoms with Gasteiger partial charge in [0.2, 0.25) is 15.9 Å². The maximum atomic E-state index is 12.7. The van der Waals surface area contributed by atoms with Crippen molar-refractivity contribution >= 4 is 15.9 Å². The Morgan fingerprint density at radius 2 is 2.04 bits per heavy atom. The van der Waals surface area contributed by atoms with Crippen molar-refractivity contribution in [3.63, 3.8) is 0 Å². The molecule has 0 aliphatic carbocycles. The minimum atomic E-state index is -3.52. The smallest absolute Gasteiger partial charge is 0.243 e. The quantitative estimate of drug-likeness (QED) is 0.804. The first-order valence-electron chi connectivity index (χ1n) is 7.95. The minimum absolute atomic E-state index is 0.0694. The second kappa shape index (κ2) is 7.90. The molecule has 0 radical (unpaired) electrons. The Balaban J connectivity index is 2.02. The van der Waals surface area contributed by atoms with E-state index in [0.717, 1.165) is 6.42 Å². The zero-order valence-corrected chi connectivity index (χ0v) is 14.5. The summed E-state index contributed by atoms with van der Waals surface area (Å²) in [4.78, 5) is 12.5. The molecule has 1 saturated heterocycles. The first-order valence-corrected chi connectivity index (χ1v) is 9.39. The van der Waals surface area contributed by atoms with Crippen molar-refractivity contribution in [1.82, 2.24) is 14.9 Å². The standard InChI is InChI=1S/C16H25N3O3S/c1-13(17-2)11-18-16(20)14-7-6-10-19(12-14)23(21,22)15-8-4-3-5-9-15/h3-5,8-9,13-14,17H,6-7,10-12H2,1-2H3,(H,18,20). The zero-order valence-electron chi connectivity index (χ0n) is 13.7. The average molecular weight is 339 g/mol. The summed E-state index contributed by atoms with van der Waals surface area (Å²) in [6, 6.07) is 8.57. The van der Waals surface area contributed by atoms with Gasteiger partial charge in [0.15, 0.2) is 0 Å². The van der Waals surface area contributed by atoms with E-state index >= 15 is 0 Å². The summed E-state index contributed by atoms with van der Waals surface area (Å²) in [5.74, 6) is -0.355. The Labute approximate surface area is 138 Å². The predicted octanol–water partition coefficient (Wildman–Crippen LogP) is 0.811. The molecule has 2 rings (SSSR count). The molecule has 0 spiro atoms. The average Bonchev–Trinajstić information content (AvgIpc) is 2.60. The molecule has 1 heterocycles. The maximum Gasteiger partial charge on any atom is 0.243 e. The number of carbonyl (C=O) groups excluding carboxylic acids is 1. The summed E-state index contributed by atoms with van der Waals surface area (Å²) in [6.45, 7) is 3.23. The van der Waals surface area contributed by atoms with E-state index in [1.54, 1.807) is 30.3 Å². The van der Waals surface area contributed by atoms with Crippen molar-refractivity contribution in [3.05, 3.63) is 30.3 Å². The van der Waals surface area contributed by atoms with E-state index in [9.17, 15) is 13.2 Å². The van der Waals surface area contributed by atoms with Gasteiger partial charge in [0.1, 0.15) is 0 Å². The number of hydrogen-bond donors (Lipinski definition) is 2. The van der Waals surface area contributed by atoms with Crippen LogP contribution in [0.15, 0.2) is 35.2 Å². The molecule has 1 aromatic carbocycles. The van der Waals surface area contributed by atoms with E-state index in [2.05, 4.69) is 10.6 Å². The molecule has 128 valence electrons. The maximum absolute atomic E-state index is 12.7. The van der Waals surface area contributed by atoms with Gasteiger partial charge in [-0.05, 0) is 38.9 Å². The van der Waals surface area contributed by atoms with E-state index in [1.807, 2.05) is 14.0 Å². The number of piperidine rings is 1.